The molecule has 0 fully saturated rings. The summed E-state index contributed by atoms with van der Waals surface area (Å²) in [6.07, 6.45) is 3.78. The largest absolute Gasteiger partial charge is 0.483 e. The Labute approximate surface area is 129 Å². The van der Waals surface area contributed by atoms with Crippen LogP contribution < -0.4 is 4.74 Å². The number of hydrogen-bond acceptors (Lipinski definition) is 4. The van der Waals surface area contributed by atoms with Gasteiger partial charge in [0.05, 0.1) is 18.4 Å². The summed E-state index contributed by atoms with van der Waals surface area (Å²) in [7, 11) is 1.37. The second-order valence-electron chi connectivity index (χ2n) is 5.68. The maximum Gasteiger partial charge on any atom is 0.337 e. The van der Waals surface area contributed by atoms with Crippen LogP contribution in [-0.4, -0.2) is 23.7 Å². The van der Waals surface area contributed by atoms with Gasteiger partial charge in [0.25, 0.3) is 0 Å². The first kappa shape index (κ1) is 14.3. The van der Waals surface area contributed by atoms with E-state index in [9.17, 15) is 4.79 Å². The number of methoxy groups -OCH3 is 1. The molecule has 112 valence electrons. The van der Waals surface area contributed by atoms with Crippen molar-refractivity contribution in [3.8, 4) is 5.75 Å². The maximum atomic E-state index is 11.8. The molecule has 0 unspecified atom stereocenters. The lowest BCUT2D eigenvalue weighted by Crippen LogP contribution is -2.29. The number of carbonyl (C=O) groups is 1. The summed E-state index contributed by atoms with van der Waals surface area (Å²) in [6, 6.07) is 11.1. The van der Waals surface area contributed by atoms with Gasteiger partial charge in [0.2, 0.25) is 0 Å². The molecule has 2 aromatic rings. The van der Waals surface area contributed by atoms with Crippen LogP contribution in [0.15, 0.2) is 48.7 Å². The van der Waals surface area contributed by atoms with E-state index in [0.717, 1.165) is 22.6 Å². The predicted octanol–water partition coefficient (Wildman–Crippen LogP) is 3.47. The molecule has 4 heteroatoms. The minimum atomic E-state index is -0.438. The summed E-state index contributed by atoms with van der Waals surface area (Å²) in [5.74, 6) is 0.369. The highest BCUT2D eigenvalue weighted by atomic mass is 16.5. The fraction of sp³-hybridized carbons (Fsp3) is 0.222. The van der Waals surface area contributed by atoms with Gasteiger partial charge in [-0.1, -0.05) is 6.07 Å². The van der Waals surface area contributed by atoms with Gasteiger partial charge in [0.1, 0.15) is 11.4 Å². The molecule has 1 aromatic carbocycles. The lowest BCUT2D eigenvalue weighted by atomic mass is 9.91. The number of fused-ring (bicyclic) bond motifs is 1. The molecule has 0 N–H and O–H groups in total. The Hall–Kier alpha value is -2.62. The predicted molar refractivity (Wildman–Crippen MR) is 83.8 cm³/mol. The van der Waals surface area contributed by atoms with Gasteiger partial charge in [-0.2, -0.15) is 0 Å². The number of hydrogen-bond donors (Lipinski definition) is 0. The number of benzene rings is 1. The number of ether oxygens (including phenoxy) is 2. The molecule has 0 spiro atoms. The summed E-state index contributed by atoms with van der Waals surface area (Å²) in [4.78, 5) is 16.2. The van der Waals surface area contributed by atoms with Crippen molar-refractivity contribution in [1.29, 1.82) is 0 Å². The fourth-order valence-corrected chi connectivity index (χ4v) is 2.55. The molecule has 2 heterocycles. The molecule has 0 saturated heterocycles. The van der Waals surface area contributed by atoms with E-state index in [1.165, 1.54) is 7.11 Å². The van der Waals surface area contributed by atoms with E-state index in [1.807, 2.05) is 38.1 Å². The van der Waals surface area contributed by atoms with Gasteiger partial charge >= 0.3 is 5.97 Å². The molecule has 1 aromatic heterocycles. The second kappa shape index (κ2) is 5.30. The number of aromatic nitrogens is 1. The Balaban J connectivity index is 2.17. The molecular formula is C18H17NO3. The summed E-state index contributed by atoms with van der Waals surface area (Å²) in [5, 5.41) is 0. The van der Waals surface area contributed by atoms with Crippen LogP contribution in [0.5, 0.6) is 5.75 Å². The van der Waals surface area contributed by atoms with Crippen LogP contribution in [0.4, 0.5) is 0 Å². The summed E-state index contributed by atoms with van der Waals surface area (Å²) in [6.45, 7) is 3.99. The highest BCUT2D eigenvalue weighted by Crippen LogP contribution is 2.39. The Bertz CT molecular complexity index is 748. The Morgan fingerprint density at radius 1 is 1.23 bits per heavy atom. The monoisotopic (exact) mass is 295 g/mol. The van der Waals surface area contributed by atoms with Crippen LogP contribution in [0, 0.1) is 0 Å². The van der Waals surface area contributed by atoms with Crippen molar-refractivity contribution in [2.24, 2.45) is 0 Å². The molecule has 0 saturated carbocycles. The number of esters is 1. The SMILES string of the molecule is COC(=O)c1ccc2c(c1)C(c1ccccn1)=CC(C)(C)O2. The van der Waals surface area contributed by atoms with Crippen molar-refractivity contribution in [2.75, 3.05) is 7.11 Å². The molecule has 4 nitrogen and oxygen atoms in total. The summed E-state index contributed by atoms with van der Waals surface area (Å²) >= 11 is 0. The van der Waals surface area contributed by atoms with Crippen LogP contribution >= 0.6 is 0 Å². The van der Waals surface area contributed by atoms with E-state index >= 15 is 0 Å². The zero-order valence-corrected chi connectivity index (χ0v) is 12.8. The molecule has 0 amide bonds. The van der Waals surface area contributed by atoms with Crippen molar-refractivity contribution >= 4 is 11.5 Å². The third kappa shape index (κ3) is 2.60. The van der Waals surface area contributed by atoms with Crippen molar-refractivity contribution in [1.82, 2.24) is 4.98 Å². The number of carbonyl (C=O) groups excluding carboxylic acids is 1. The molecule has 0 radical (unpaired) electrons. The average molecular weight is 295 g/mol. The molecular weight excluding hydrogens is 278 g/mol. The van der Waals surface area contributed by atoms with Gasteiger partial charge < -0.3 is 9.47 Å². The molecule has 0 atom stereocenters. The zero-order valence-electron chi connectivity index (χ0n) is 12.8. The molecule has 0 aliphatic carbocycles. The van der Waals surface area contributed by atoms with E-state index in [0.29, 0.717) is 5.56 Å². The maximum absolute atomic E-state index is 11.8. The second-order valence-corrected chi connectivity index (χ2v) is 5.68. The molecule has 1 aliphatic rings. The minimum absolute atomic E-state index is 0.368. The first-order valence-corrected chi connectivity index (χ1v) is 7.06. The molecule has 1 aliphatic heterocycles. The third-order valence-corrected chi connectivity index (χ3v) is 3.50. The van der Waals surface area contributed by atoms with Gasteiger partial charge in [-0.3, -0.25) is 4.98 Å². The van der Waals surface area contributed by atoms with Gasteiger partial charge in [-0.15, -0.1) is 0 Å². The number of rotatable bonds is 2. The van der Waals surface area contributed by atoms with E-state index in [4.69, 9.17) is 9.47 Å². The van der Waals surface area contributed by atoms with E-state index < -0.39 is 5.60 Å². The van der Waals surface area contributed by atoms with E-state index in [2.05, 4.69) is 4.98 Å². The topological polar surface area (TPSA) is 48.4 Å². The fourth-order valence-electron chi connectivity index (χ4n) is 2.55. The molecule has 3 rings (SSSR count). The van der Waals surface area contributed by atoms with Crippen LogP contribution in [-0.2, 0) is 4.74 Å². The Kier molecular flexibility index (Phi) is 3.45. The number of nitrogens with zero attached hydrogens (tertiary/aromatic N) is 1. The van der Waals surface area contributed by atoms with Crippen LogP contribution in [0.2, 0.25) is 0 Å². The van der Waals surface area contributed by atoms with Crippen LogP contribution in [0.3, 0.4) is 0 Å². The summed E-state index contributed by atoms with van der Waals surface area (Å²) in [5.41, 5.74) is 2.71. The van der Waals surface area contributed by atoms with Gasteiger partial charge in [0.15, 0.2) is 0 Å². The summed E-state index contributed by atoms with van der Waals surface area (Å²) < 4.78 is 10.8. The molecule has 0 bridgehead atoms. The van der Waals surface area contributed by atoms with Crippen molar-refractivity contribution in [3.63, 3.8) is 0 Å². The smallest absolute Gasteiger partial charge is 0.337 e. The normalized spacial score (nSPS) is 15.3. The quantitative estimate of drug-likeness (QED) is 0.796. The zero-order chi connectivity index (χ0) is 15.7. The van der Waals surface area contributed by atoms with Gasteiger partial charge in [0, 0.05) is 17.3 Å². The average Bonchev–Trinajstić information content (AvgIpc) is 2.53. The molecule has 22 heavy (non-hydrogen) atoms. The van der Waals surface area contributed by atoms with Crippen molar-refractivity contribution in [2.45, 2.75) is 19.4 Å². The van der Waals surface area contributed by atoms with Gasteiger partial charge in [-0.05, 0) is 50.3 Å². The van der Waals surface area contributed by atoms with Gasteiger partial charge in [-0.25, -0.2) is 4.79 Å². The Morgan fingerprint density at radius 3 is 2.73 bits per heavy atom. The lowest BCUT2D eigenvalue weighted by molar-refractivity contribution is 0.0600. The highest BCUT2D eigenvalue weighted by molar-refractivity contribution is 5.93. The third-order valence-electron chi connectivity index (χ3n) is 3.50. The first-order chi connectivity index (χ1) is 10.5. The first-order valence-electron chi connectivity index (χ1n) is 7.06. The van der Waals surface area contributed by atoms with Crippen LogP contribution in [0.25, 0.3) is 5.57 Å². The van der Waals surface area contributed by atoms with E-state index in [-0.39, 0.29) is 5.97 Å². The van der Waals surface area contributed by atoms with Crippen LogP contribution in [0.1, 0.15) is 35.5 Å². The van der Waals surface area contributed by atoms with Crippen molar-refractivity contribution in [3.05, 3.63) is 65.5 Å². The lowest BCUT2D eigenvalue weighted by Gasteiger charge is -2.31. The highest BCUT2D eigenvalue weighted by Gasteiger charge is 2.28. The standard InChI is InChI=1S/C18H17NO3/c1-18(2)11-14(15-6-4-5-9-19-15)13-10-12(17(20)21-3)7-8-16(13)22-18/h4-11H,1-3H3. The minimum Gasteiger partial charge on any atom is -0.483 e. The number of pyridine rings is 1. The van der Waals surface area contributed by atoms with Crippen molar-refractivity contribution < 1.29 is 14.3 Å². The Morgan fingerprint density at radius 2 is 2.05 bits per heavy atom. The van der Waals surface area contributed by atoms with E-state index in [1.54, 1.807) is 24.4 Å².